The molecule has 0 unspecified atom stereocenters. The van der Waals surface area contributed by atoms with E-state index in [-0.39, 0.29) is 21.2 Å². The molecule has 1 saturated carbocycles. The van der Waals surface area contributed by atoms with Crippen molar-refractivity contribution in [3.8, 4) is 0 Å². The van der Waals surface area contributed by atoms with Crippen molar-refractivity contribution in [3.05, 3.63) is 33.4 Å². The van der Waals surface area contributed by atoms with E-state index in [2.05, 4.69) is 50.2 Å². The Balaban J connectivity index is 1.62. The Morgan fingerprint density at radius 2 is 1.87 bits per heavy atom. The molecule has 23 heavy (non-hydrogen) atoms. The van der Waals surface area contributed by atoms with Crippen LogP contribution < -0.4 is 21.2 Å². The third-order valence-corrected chi connectivity index (χ3v) is 9.30. The van der Waals surface area contributed by atoms with Crippen LogP contribution in [0.25, 0.3) is 0 Å². The van der Waals surface area contributed by atoms with E-state index in [1.165, 1.54) is 64.5 Å². The van der Waals surface area contributed by atoms with Crippen molar-refractivity contribution >= 4 is 30.7 Å². The van der Waals surface area contributed by atoms with Crippen LogP contribution in [0.1, 0.15) is 62.8 Å². The van der Waals surface area contributed by atoms with Gasteiger partial charge in [0.2, 0.25) is 0 Å². The van der Waals surface area contributed by atoms with Gasteiger partial charge in [0.15, 0.2) is 0 Å². The van der Waals surface area contributed by atoms with Crippen molar-refractivity contribution < 1.29 is 21.2 Å². The maximum atomic E-state index is 6.64. The molecule has 1 aromatic carbocycles. The van der Waals surface area contributed by atoms with E-state index in [9.17, 15) is 0 Å². The summed E-state index contributed by atoms with van der Waals surface area (Å²) in [6, 6.07) is 9.43. The third-order valence-electron chi connectivity index (χ3n) is 5.29. The van der Waals surface area contributed by atoms with Gasteiger partial charge in [-0.05, 0) is 0 Å². The SMILES string of the molecule is [B][C@H]([I-]c1cccc([C@H]2CCCN(I)C2)c1)C1CCCCCC1. The Hall–Kier alpha value is 0.705. The van der Waals surface area contributed by atoms with Gasteiger partial charge in [0, 0.05) is 0 Å². The van der Waals surface area contributed by atoms with Crippen LogP contribution in [0, 0.1) is 9.49 Å². The van der Waals surface area contributed by atoms with Gasteiger partial charge in [-0.15, -0.1) is 0 Å². The normalized spacial score (nSPS) is 26.0. The van der Waals surface area contributed by atoms with Crippen LogP contribution in [0.5, 0.6) is 0 Å². The number of piperidine rings is 1. The van der Waals surface area contributed by atoms with Crippen molar-refractivity contribution in [2.24, 2.45) is 5.92 Å². The minimum absolute atomic E-state index is 0.0618. The first-order valence-corrected chi connectivity index (χ1v) is 12.4. The molecule has 2 aliphatic rings. The fraction of sp³-hybridized carbons (Fsp3) is 0.684. The van der Waals surface area contributed by atoms with E-state index in [4.69, 9.17) is 7.85 Å². The number of nitrogens with zero attached hydrogens (tertiary/aromatic N) is 1. The summed E-state index contributed by atoms with van der Waals surface area (Å²) in [6.07, 6.45) is 11.0. The van der Waals surface area contributed by atoms with Gasteiger partial charge in [0.1, 0.15) is 0 Å². The van der Waals surface area contributed by atoms with E-state index in [1.807, 2.05) is 0 Å². The average Bonchev–Trinajstić information content (AvgIpc) is 2.84. The molecule has 126 valence electrons. The second kappa shape index (κ2) is 9.42. The Bertz CT molecular complexity index is 488. The summed E-state index contributed by atoms with van der Waals surface area (Å²) in [4.78, 5) is 0. The molecular formula is C19H27BI2N-. The van der Waals surface area contributed by atoms with Crippen LogP contribution in [0.4, 0.5) is 0 Å². The maximum absolute atomic E-state index is 6.64. The van der Waals surface area contributed by atoms with Gasteiger partial charge in [0.25, 0.3) is 0 Å². The minimum atomic E-state index is -0.0618. The van der Waals surface area contributed by atoms with Crippen LogP contribution in [-0.4, -0.2) is 27.9 Å². The molecule has 0 N–H and O–H groups in total. The Morgan fingerprint density at radius 1 is 1.09 bits per heavy atom. The van der Waals surface area contributed by atoms with Gasteiger partial charge < -0.3 is 0 Å². The molecule has 2 atom stereocenters. The number of alkyl halides is 1. The van der Waals surface area contributed by atoms with Crippen molar-refractivity contribution in [1.82, 2.24) is 3.11 Å². The molecule has 0 bridgehead atoms. The molecule has 1 nitrogen and oxygen atoms in total. The topological polar surface area (TPSA) is 3.24 Å². The fourth-order valence-electron chi connectivity index (χ4n) is 3.90. The van der Waals surface area contributed by atoms with Crippen LogP contribution in [0.15, 0.2) is 24.3 Å². The Kier molecular flexibility index (Phi) is 7.57. The van der Waals surface area contributed by atoms with E-state index in [1.54, 1.807) is 9.13 Å². The first-order chi connectivity index (χ1) is 11.2. The molecule has 1 heterocycles. The molecule has 0 aromatic heterocycles. The third kappa shape index (κ3) is 5.60. The summed E-state index contributed by atoms with van der Waals surface area (Å²) in [5, 5.41) is 0. The van der Waals surface area contributed by atoms with Crippen LogP contribution in [0.2, 0.25) is 0 Å². The summed E-state index contributed by atoms with van der Waals surface area (Å²) in [5.41, 5.74) is 1.55. The standard InChI is InChI=1S/C19H27BI2N/c20-19(15-7-3-1-2-4-8-15)22-18-11-5-9-16(13-18)17-10-6-12-23(21)14-17/h5,9,11,13,15,17,19H,1-4,6-8,10,12,14H2/q-1/t17-,19+/m0/s1. The van der Waals surface area contributed by atoms with Crippen LogP contribution in [-0.2, 0) is 0 Å². The van der Waals surface area contributed by atoms with Crippen molar-refractivity contribution in [1.29, 1.82) is 0 Å². The first kappa shape index (κ1) is 18.5. The van der Waals surface area contributed by atoms with Crippen molar-refractivity contribution in [2.45, 2.75) is 61.1 Å². The van der Waals surface area contributed by atoms with Crippen molar-refractivity contribution in [2.75, 3.05) is 13.1 Å². The van der Waals surface area contributed by atoms with Gasteiger partial charge in [-0.3, -0.25) is 0 Å². The molecule has 1 saturated heterocycles. The van der Waals surface area contributed by atoms with E-state index in [0.717, 1.165) is 11.8 Å². The molecule has 1 aliphatic heterocycles. The number of halogens is 2. The monoisotopic (exact) mass is 534 g/mol. The number of hydrogen-bond acceptors (Lipinski definition) is 1. The van der Waals surface area contributed by atoms with E-state index in [0.29, 0.717) is 3.82 Å². The second-order valence-corrected chi connectivity index (χ2v) is 11.7. The summed E-state index contributed by atoms with van der Waals surface area (Å²) in [7, 11) is 6.64. The van der Waals surface area contributed by atoms with Gasteiger partial charge in [-0.2, -0.15) is 0 Å². The number of benzene rings is 1. The van der Waals surface area contributed by atoms with Gasteiger partial charge in [-0.1, -0.05) is 0 Å². The second-order valence-electron chi connectivity index (χ2n) is 7.07. The summed E-state index contributed by atoms with van der Waals surface area (Å²) in [5.74, 6) is 1.51. The molecule has 3 rings (SSSR count). The summed E-state index contributed by atoms with van der Waals surface area (Å²) >= 11 is 2.42. The quantitative estimate of drug-likeness (QED) is 0.188. The average molecular weight is 534 g/mol. The molecule has 0 amide bonds. The Morgan fingerprint density at radius 3 is 2.61 bits per heavy atom. The zero-order chi connectivity index (χ0) is 16.1. The van der Waals surface area contributed by atoms with E-state index >= 15 is 0 Å². The molecular weight excluding hydrogens is 507 g/mol. The molecule has 1 aromatic rings. The Labute approximate surface area is 167 Å². The van der Waals surface area contributed by atoms with Gasteiger partial charge in [-0.25, -0.2) is 0 Å². The zero-order valence-corrected chi connectivity index (χ0v) is 18.2. The van der Waals surface area contributed by atoms with Crippen LogP contribution in [0.3, 0.4) is 0 Å². The summed E-state index contributed by atoms with van der Waals surface area (Å²) < 4.78 is 4.46. The van der Waals surface area contributed by atoms with Gasteiger partial charge in [0.05, 0.1) is 0 Å². The van der Waals surface area contributed by atoms with Gasteiger partial charge >= 0.3 is 169 Å². The van der Waals surface area contributed by atoms with Crippen molar-refractivity contribution in [3.63, 3.8) is 0 Å². The first-order valence-electron chi connectivity index (χ1n) is 9.12. The van der Waals surface area contributed by atoms with Crippen LogP contribution >= 0.6 is 22.9 Å². The molecule has 4 heteroatoms. The predicted octanol–water partition coefficient (Wildman–Crippen LogP) is 1.94. The molecule has 0 spiro atoms. The fourth-order valence-corrected chi connectivity index (χ4v) is 7.72. The molecule has 1 aliphatic carbocycles. The zero-order valence-electron chi connectivity index (χ0n) is 13.9. The number of hydrogen-bond donors (Lipinski definition) is 0. The molecule has 2 fully saturated rings. The number of rotatable bonds is 4. The molecule has 2 radical (unpaired) electrons. The van der Waals surface area contributed by atoms with E-state index < -0.39 is 0 Å². The predicted molar refractivity (Wildman–Crippen MR) is 103 cm³/mol. The summed E-state index contributed by atoms with van der Waals surface area (Å²) in [6.45, 7) is 2.45.